The Balaban J connectivity index is 1.71. The van der Waals surface area contributed by atoms with Gasteiger partial charge in [-0.05, 0) is 29.8 Å². The highest BCUT2D eigenvalue weighted by Gasteiger charge is 2.12. The number of halogens is 2. The number of benzene rings is 1. The van der Waals surface area contributed by atoms with E-state index in [-0.39, 0.29) is 5.91 Å². The maximum atomic E-state index is 12.4. The molecule has 0 bridgehead atoms. The standard InChI is InChI=1S/C18H14Cl2N4O/c19-15-4-1-5-16(20)17(15)24-18(25)13-7-14(11-22-10-13)23-9-12-3-2-6-21-8-12/h1-8,10-11,23H,9H2,(H,24,25). The van der Waals surface area contributed by atoms with Crippen LogP contribution in [0.2, 0.25) is 10.0 Å². The molecule has 25 heavy (non-hydrogen) atoms. The SMILES string of the molecule is O=C(Nc1c(Cl)cccc1Cl)c1cncc(NCc2cccnc2)c1. The third-order valence-corrected chi connectivity index (χ3v) is 4.05. The van der Waals surface area contributed by atoms with Gasteiger partial charge in [0.1, 0.15) is 0 Å². The Bertz CT molecular complexity index is 867. The fraction of sp³-hybridized carbons (Fsp3) is 0.0556. The predicted octanol–water partition coefficient (Wildman–Crippen LogP) is 4.65. The van der Waals surface area contributed by atoms with Crippen molar-refractivity contribution in [3.63, 3.8) is 0 Å². The second-order valence-electron chi connectivity index (χ2n) is 5.23. The van der Waals surface area contributed by atoms with Crippen LogP contribution in [0.15, 0.2) is 61.2 Å². The average Bonchev–Trinajstić information content (AvgIpc) is 2.64. The zero-order valence-corrected chi connectivity index (χ0v) is 14.6. The summed E-state index contributed by atoms with van der Waals surface area (Å²) in [6, 6.07) is 10.6. The van der Waals surface area contributed by atoms with Crippen LogP contribution in [-0.2, 0) is 6.54 Å². The summed E-state index contributed by atoms with van der Waals surface area (Å²) in [7, 11) is 0. The lowest BCUT2D eigenvalue weighted by molar-refractivity contribution is 0.102. The fourth-order valence-electron chi connectivity index (χ4n) is 2.17. The van der Waals surface area contributed by atoms with Crippen molar-refractivity contribution < 1.29 is 4.79 Å². The number of pyridine rings is 2. The van der Waals surface area contributed by atoms with Crippen LogP contribution in [0.1, 0.15) is 15.9 Å². The van der Waals surface area contributed by atoms with Crippen LogP contribution < -0.4 is 10.6 Å². The quantitative estimate of drug-likeness (QED) is 0.683. The monoisotopic (exact) mass is 372 g/mol. The van der Waals surface area contributed by atoms with Crippen LogP contribution in [-0.4, -0.2) is 15.9 Å². The van der Waals surface area contributed by atoms with Crippen LogP contribution in [0.5, 0.6) is 0 Å². The molecule has 0 spiro atoms. The van der Waals surface area contributed by atoms with E-state index in [1.54, 1.807) is 42.9 Å². The third kappa shape index (κ3) is 4.47. The molecule has 2 heterocycles. The molecule has 0 saturated carbocycles. The first-order chi connectivity index (χ1) is 12.1. The third-order valence-electron chi connectivity index (χ3n) is 3.42. The lowest BCUT2D eigenvalue weighted by Gasteiger charge is -2.10. The predicted molar refractivity (Wildman–Crippen MR) is 100 cm³/mol. The van der Waals surface area contributed by atoms with Crippen LogP contribution >= 0.6 is 23.2 Å². The fourth-order valence-corrected chi connectivity index (χ4v) is 2.66. The Morgan fingerprint density at radius 3 is 2.52 bits per heavy atom. The molecule has 7 heteroatoms. The normalized spacial score (nSPS) is 10.3. The van der Waals surface area contributed by atoms with Gasteiger partial charge in [-0.3, -0.25) is 14.8 Å². The number of nitrogens with one attached hydrogen (secondary N) is 2. The largest absolute Gasteiger partial charge is 0.380 e. The van der Waals surface area contributed by atoms with Gasteiger partial charge in [0.25, 0.3) is 5.91 Å². The van der Waals surface area contributed by atoms with Crippen molar-refractivity contribution in [1.82, 2.24) is 9.97 Å². The Morgan fingerprint density at radius 1 is 1.00 bits per heavy atom. The van der Waals surface area contributed by atoms with Gasteiger partial charge in [0.15, 0.2) is 0 Å². The molecular weight excluding hydrogens is 359 g/mol. The van der Waals surface area contributed by atoms with Crippen molar-refractivity contribution in [2.24, 2.45) is 0 Å². The average molecular weight is 373 g/mol. The van der Waals surface area contributed by atoms with Gasteiger partial charge in [0.2, 0.25) is 0 Å². The molecule has 0 saturated heterocycles. The molecule has 5 nitrogen and oxygen atoms in total. The molecule has 1 amide bonds. The molecule has 0 aliphatic carbocycles. The van der Waals surface area contributed by atoms with E-state index in [1.807, 2.05) is 12.1 Å². The Morgan fingerprint density at radius 2 is 1.80 bits per heavy atom. The summed E-state index contributed by atoms with van der Waals surface area (Å²) in [5.41, 5.74) is 2.53. The topological polar surface area (TPSA) is 66.9 Å². The molecule has 0 aliphatic rings. The van der Waals surface area contributed by atoms with Gasteiger partial charge in [0, 0.05) is 31.3 Å². The minimum absolute atomic E-state index is 0.340. The maximum absolute atomic E-state index is 12.4. The van der Waals surface area contributed by atoms with E-state index in [0.29, 0.717) is 27.8 Å². The number of hydrogen-bond donors (Lipinski definition) is 2. The molecule has 0 radical (unpaired) electrons. The number of carbonyl (C=O) groups excluding carboxylic acids is 1. The number of hydrogen-bond acceptors (Lipinski definition) is 4. The van der Waals surface area contributed by atoms with Crippen molar-refractivity contribution in [1.29, 1.82) is 0 Å². The van der Waals surface area contributed by atoms with E-state index in [1.165, 1.54) is 6.20 Å². The molecule has 126 valence electrons. The van der Waals surface area contributed by atoms with E-state index in [9.17, 15) is 4.79 Å². The lowest BCUT2D eigenvalue weighted by atomic mass is 10.2. The number of amides is 1. The minimum atomic E-state index is -0.340. The summed E-state index contributed by atoms with van der Waals surface area (Å²) in [6.07, 6.45) is 6.62. The number of carbonyl (C=O) groups is 1. The van der Waals surface area contributed by atoms with E-state index >= 15 is 0 Å². The first kappa shape index (κ1) is 17.2. The highest BCUT2D eigenvalue weighted by atomic mass is 35.5. The van der Waals surface area contributed by atoms with Gasteiger partial charge >= 0.3 is 0 Å². The summed E-state index contributed by atoms with van der Waals surface area (Å²) in [4.78, 5) is 20.6. The molecule has 2 N–H and O–H groups in total. The summed E-state index contributed by atoms with van der Waals surface area (Å²) in [5.74, 6) is -0.340. The number of aromatic nitrogens is 2. The van der Waals surface area contributed by atoms with Crippen molar-refractivity contribution in [3.8, 4) is 0 Å². The summed E-state index contributed by atoms with van der Waals surface area (Å²) in [6.45, 7) is 0.580. The molecule has 2 aromatic heterocycles. The first-order valence-electron chi connectivity index (χ1n) is 7.46. The second-order valence-corrected chi connectivity index (χ2v) is 6.04. The van der Waals surface area contributed by atoms with Crippen molar-refractivity contribution in [2.45, 2.75) is 6.54 Å². The highest BCUT2D eigenvalue weighted by Crippen LogP contribution is 2.30. The smallest absolute Gasteiger partial charge is 0.257 e. The second kappa shape index (κ2) is 7.96. The first-order valence-corrected chi connectivity index (χ1v) is 8.22. The minimum Gasteiger partial charge on any atom is -0.380 e. The summed E-state index contributed by atoms with van der Waals surface area (Å²) >= 11 is 12.2. The number of para-hydroxylation sites is 1. The van der Waals surface area contributed by atoms with Gasteiger partial charge in [-0.2, -0.15) is 0 Å². The molecular formula is C18H14Cl2N4O. The highest BCUT2D eigenvalue weighted by molar-refractivity contribution is 6.40. The van der Waals surface area contributed by atoms with Crippen LogP contribution in [0.3, 0.4) is 0 Å². The van der Waals surface area contributed by atoms with Gasteiger partial charge in [-0.25, -0.2) is 0 Å². The molecule has 0 aliphatic heterocycles. The van der Waals surface area contributed by atoms with E-state index in [2.05, 4.69) is 20.6 Å². The molecule has 0 fully saturated rings. The van der Waals surface area contributed by atoms with Gasteiger partial charge < -0.3 is 10.6 Å². The Hall–Kier alpha value is -2.63. The zero-order chi connectivity index (χ0) is 17.6. The maximum Gasteiger partial charge on any atom is 0.257 e. The van der Waals surface area contributed by atoms with Gasteiger partial charge in [-0.1, -0.05) is 35.3 Å². The molecule has 3 rings (SSSR count). The van der Waals surface area contributed by atoms with Crippen LogP contribution in [0.25, 0.3) is 0 Å². The molecule has 0 atom stereocenters. The number of nitrogens with zero attached hydrogens (tertiary/aromatic N) is 2. The number of anilines is 2. The van der Waals surface area contributed by atoms with Crippen molar-refractivity contribution in [3.05, 3.63) is 82.4 Å². The lowest BCUT2D eigenvalue weighted by Crippen LogP contribution is -2.13. The Kier molecular flexibility index (Phi) is 5.48. The molecule has 1 aromatic carbocycles. The van der Waals surface area contributed by atoms with E-state index < -0.39 is 0 Å². The number of rotatable bonds is 5. The van der Waals surface area contributed by atoms with E-state index in [0.717, 1.165) is 11.3 Å². The Labute approximate surface area is 155 Å². The molecule has 0 unspecified atom stereocenters. The van der Waals surface area contributed by atoms with Gasteiger partial charge in [0.05, 0.1) is 27.0 Å². The molecule has 3 aromatic rings. The summed E-state index contributed by atoms with van der Waals surface area (Å²) in [5, 5.41) is 6.67. The van der Waals surface area contributed by atoms with Crippen molar-refractivity contribution in [2.75, 3.05) is 10.6 Å². The van der Waals surface area contributed by atoms with E-state index in [4.69, 9.17) is 23.2 Å². The zero-order valence-electron chi connectivity index (χ0n) is 13.0. The van der Waals surface area contributed by atoms with Crippen molar-refractivity contribution >= 4 is 40.5 Å². The van der Waals surface area contributed by atoms with Crippen LogP contribution in [0.4, 0.5) is 11.4 Å². The van der Waals surface area contributed by atoms with Crippen LogP contribution in [0, 0.1) is 0 Å². The summed E-state index contributed by atoms with van der Waals surface area (Å²) < 4.78 is 0. The van der Waals surface area contributed by atoms with Gasteiger partial charge in [-0.15, -0.1) is 0 Å².